The average Bonchev–Trinajstić information content (AvgIpc) is 2.03. The molecule has 0 atom stereocenters. The molecule has 0 saturated heterocycles. The predicted octanol–water partition coefficient (Wildman–Crippen LogP) is -1.37. The Morgan fingerprint density at radius 1 is 1.77 bits per heavy atom. The third kappa shape index (κ3) is 2.22. The summed E-state index contributed by atoms with van der Waals surface area (Å²) < 4.78 is 1.05. The molecule has 0 aromatic carbocycles. The number of hydrogen-bond donors (Lipinski definition) is 2. The molecule has 0 saturated carbocycles. The molecule has 0 bridgehead atoms. The lowest BCUT2D eigenvalue weighted by Gasteiger charge is -1.98. The van der Waals surface area contributed by atoms with Crippen LogP contribution in [0.1, 0.15) is 12.7 Å². The van der Waals surface area contributed by atoms with E-state index >= 15 is 0 Å². The van der Waals surface area contributed by atoms with Gasteiger partial charge in [-0.1, -0.05) is 0 Å². The van der Waals surface area contributed by atoms with Crippen LogP contribution in [0, 0.1) is 5.41 Å². The molecular weight excluding hydrogens is 172 g/mol. The summed E-state index contributed by atoms with van der Waals surface area (Å²) in [6, 6.07) is 1.56. The van der Waals surface area contributed by atoms with Crippen LogP contribution >= 0.6 is 0 Å². The second-order valence-electron chi connectivity index (χ2n) is 2.27. The summed E-state index contributed by atoms with van der Waals surface area (Å²) in [6.45, 7) is 1.25. The number of carbonyl (C=O) groups excluding carboxylic acids is 1. The first-order valence-electron chi connectivity index (χ1n) is 3.51. The summed E-state index contributed by atoms with van der Waals surface area (Å²) in [5.74, 6) is -0.667. The van der Waals surface area contributed by atoms with Gasteiger partial charge < -0.3 is 5.73 Å². The van der Waals surface area contributed by atoms with Crippen molar-refractivity contribution < 1.29 is 14.4 Å². The molecule has 0 spiro atoms. The van der Waals surface area contributed by atoms with Gasteiger partial charge in [-0.3, -0.25) is 10.2 Å². The third-order valence-electron chi connectivity index (χ3n) is 1.18. The molecule has 0 aliphatic rings. The highest BCUT2D eigenvalue weighted by molar-refractivity contribution is 5.89. The van der Waals surface area contributed by atoms with E-state index in [0.717, 1.165) is 4.73 Å². The van der Waals surface area contributed by atoms with Crippen molar-refractivity contribution in [2.24, 2.45) is 5.73 Å². The lowest BCUT2D eigenvalue weighted by Crippen LogP contribution is -2.51. The average molecular weight is 181 g/mol. The van der Waals surface area contributed by atoms with Gasteiger partial charge in [-0.2, -0.15) is 0 Å². The van der Waals surface area contributed by atoms with Crippen molar-refractivity contribution in [1.82, 2.24) is 4.98 Å². The van der Waals surface area contributed by atoms with Crippen molar-refractivity contribution in [3.05, 3.63) is 24.3 Å². The van der Waals surface area contributed by atoms with Crippen molar-refractivity contribution in [1.29, 1.82) is 5.41 Å². The maximum atomic E-state index is 10.6. The summed E-state index contributed by atoms with van der Waals surface area (Å²) >= 11 is 0. The van der Waals surface area contributed by atoms with E-state index in [1.165, 1.54) is 19.3 Å². The molecule has 3 N–H and O–H groups in total. The van der Waals surface area contributed by atoms with Crippen molar-refractivity contribution >= 4 is 11.8 Å². The Balaban J connectivity index is 3.04. The Hall–Kier alpha value is -1.98. The zero-order valence-corrected chi connectivity index (χ0v) is 7.02. The summed E-state index contributed by atoms with van der Waals surface area (Å²) in [5, 5.41) is 7.12. The van der Waals surface area contributed by atoms with E-state index in [9.17, 15) is 4.79 Å². The summed E-state index contributed by atoms with van der Waals surface area (Å²) in [6.07, 6.45) is 2.90. The molecule has 1 rings (SSSR count). The third-order valence-corrected chi connectivity index (χ3v) is 1.18. The highest BCUT2D eigenvalue weighted by Gasteiger charge is 2.17. The standard InChI is InChI=1S/C7H9N4O2/c1-5(12)13-11-4-2-3-10-7(11)6(8)9/h2-4H,1H3,(H3,8,9)/q+1. The molecule has 1 heterocycles. The Bertz CT molecular complexity index is 350. The van der Waals surface area contributed by atoms with E-state index < -0.39 is 5.97 Å². The minimum Gasteiger partial charge on any atom is -0.377 e. The smallest absolute Gasteiger partial charge is 0.377 e. The van der Waals surface area contributed by atoms with E-state index in [1.807, 2.05) is 0 Å². The maximum Gasteiger partial charge on any atom is 0.404 e. The van der Waals surface area contributed by atoms with Crippen molar-refractivity contribution in [2.45, 2.75) is 6.92 Å². The van der Waals surface area contributed by atoms with E-state index in [4.69, 9.17) is 16.0 Å². The zero-order valence-electron chi connectivity index (χ0n) is 7.02. The SMILES string of the molecule is CC(=O)O[n+]1cccnc1C(=N)N. The predicted molar refractivity (Wildman–Crippen MR) is 42.7 cm³/mol. The van der Waals surface area contributed by atoms with E-state index in [1.54, 1.807) is 6.07 Å². The molecule has 13 heavy (non-hydrogen) atoms. The van der Waals surface area contributed by atoms with Gasteiger partial charge in [0, 0.05) is 13.0 Å². The number of nitrogen functional groups attached to an aromatic ring is 1. The van der Waals surface area contributed by atoms with Crippen LogP contribution < -0.4 is 15.3 Å². The number of amidine groups is 1. The molecule has 0 amide bonds. The van der Waals surface area contributed by atoms with Gasteiger partial charge in [-0.25, -0.2) is 4.79 Å². The van der Waals surface area contributed by atoms with Crippen LogP contribution in [0.2, 0.25) is 0 Å². The van der Waals surface area contributed by atoms with Crippen molar-refractivity contribution in [2.75, 3.05) is 0 Å². The molecule has 0 aliphatic heterocycles. The highest BCUT2D eigenvalue weighted by atomic mass is 16.7. The summed E-state index contributed by atoms with van der Waals surface area (Å²) in [4.78, 5) is 19.1. The minimum absolute atomic E-state index is 0.0951. The van der Waals surface area contributed by atoms with Crippen molar-refractivity contribution in [3.8, 4) is 0 Å². The zero-order chi connectivity index (χ0) is 9.84. The Morgan fingerprint density at radius 3 is 3.00 bits per heavy atom. The molecule has 6 nitrogen and oxygen atoms in total. The van der Waals surface area contributed by atoms with Crippen LogP contribution in [-0.2, 0) is 4.79 Å². The van der Waals surface area contributed by atoms with Gasteiger partial charge in [-0.15, -0.1) is 0 Å². The van der Waals surface area contributed by atoms with Crippen LogP contribution in [-0.4, -0.2) is 16.8 Å². The van der Waals surface area contributed by atoms with Gasteiger partial charge in [0.15, 0.2) is 0 Å². The molecule has 6 heteroatoms. The number of aromatic nitrogens is 2. The normalized spacial score (nSPS) is 9.31. The Labute approximate surface area is 74.4 Å². The topological polar surface area (TPSA) is 92.9 Å². The fraction of sp³-hybridized carbons (Fsp3) is 0.143. The second-order valence-corrected chi connectivity index (χ2v) is 2.27. The van der Waals surface area contributed by atoms with Gasteiger partial charge in [0.2, 0.25) is 5.84 Å². The first kappa shape index (κ1) is 9.11. The van der Waals surface area contributed by atoms with Gasteiger partial charge >= 0.3 is 11.8 Å². The van der Waals surface area contributed by atoms with E-state index in [2.05, 4.69) is 4.98 Å². The van der Waals surface area contributed by atoms with Crippen LogP contribution in [0.25, 0.3) is 0 Å². The fourth-order valence-electron chi connectivity index (χ4n) is 0.758. The lowest BCUT2D eigenvalue weighted by atomic mass is 10.5. The van der Waals surface area contributed by atoms with Crippen LogP contribution in [0.5, 0.6) is 0 Å². The van der Waals surface area contributed by atoms with Gasteiger partial charge in [-0.05, 0) is 9.71 Å². The van der Waals surface area contributed by atoms with Gasteiger partial charge in [0.1, 0.15) is 12.4 Å². The molecule has 1 aromatic heterocycles. The summed E-state index contributed by atoms with van der Waals surface area (Å²) in [7, 11) is 0. The number of carbonyl (C=O) groups is 1. The molecule has 0 aliphatic carbocycles. The monoisotopic (exact) mass is 181 g/mol. The largest absolute Gasteiger partial charge is 0.404 e. The highest BCUT2D eigenvalue weighted by Crippen LogP contribution is 1.81. The Kier molecular flexibility index (Phi) is 2.53. The van der Waals surface area contributed by atoms with Crippen LogP contribution in [0.15, 0.2) is 18.5 Å². The quantitative estimate of drug-likeness (QED) is 0.334. The Morgan fingerprint density at radius 2 is 2.46 bits per heavy atom. The molecular formula is C7H9N4O2+. The fourth-order valence-corrected chi connectivity index (χ4v) is 0.758. The minimum atomic E-state index is -0.500. The molecule has 0 radical (unpaired) electrons. The van der Waals surface area contributed by atoms with E-state index in [-0.39, 0.29) is 11.7 Å². The van der Waals surface area contributed by atoms with E-state index in [0.29, 0.717) is 0 Å². The van der Waals surface area contributed by atoms with Crippen LogP contribution in [0.3, 0.4) is 0 Å². The molecule has 0 fully saturated rings. The lowest BCUT2D eigenvalue weighted by molar-refractivity contribution is -0.872. The maximum absolute atomic E-state index is 10.6. The van der Waals surface area contributed by atoms with Crippen molar-refractivity contribution in [3.63, 3.8) is 0 Å². The first-order valence-corrected chi connectivity index (χ1v) is 3.51. The number of nitrogens with one attached hydrogen (secondary N) is 1. The van der Waals surface area contributed by atoms with Gasteiger partial charge in [0.25, 0.3) is 0 Å². The second kappa shape index (κ2) is 3.61. The number of nitrogens with two attached hydrogens (primary N) is 1. The number of hydrogen-bond acceptors (Lipinski definition) is 4. The molecule has 68 valence electrons. The van der Waals surface area contributed by atoms with Gasteiger partial charge in [0.05, 0.1) is 0 Å². The first-order chi connectivity index (χ1) is 6.11. The van der Waals surface area contributed by atoms with Crippen LogP contribution in [0.4, 0.5) is 0 Å². The number of nitrogens with zero attached hydrogens (tertiary/aromatic N) is 2. The molecule has 1 aromatic rings. The summed E-state index contributed by atoms with van der Waals surface area (Å²) in [5.41, 5.74) is 5.20. The number of rotatable bonds is 2. The molecule has 0 unspecified atom stereocenters.